The van der Waals surface area contributed by atoms with Crippen LogP contribution in [0.4, 0.5) is 0 Å². The van der Waals surface area contributed by atoms with Gasteiger partial charge in [0.2, 0.25) is 0 Å². The lowest BCUT2D eigenvalue weighted by Gasteiger charge is -2.31. The second kappa shape index (κ2) is 7.58. The number of benzene rings is 1. The van der Waals surface area contributed by atoms with Crippen molar-refractivity contribution in [2.45, 2.75) is 38.6 Å². The summed E-state index contributed by atoms with van der Waals surface area (Å²) in [7, 11) is 0. The molecular formula is C15H20O3S. The highest BCUT2D eigenvalue weighted by Crippen LogP contribution is 2.18. The third-order valence-corrected chi connectivity index (χ3v) is 3.19. The molecule has 0 spiro atoms. The Morgan fingerprint density at radius 2 is 2.16 bits per heavy atom. The molecule has 0 N–H and O–H groups in total. The van der Waals surface area contributed by atoms with E-state index in [1.54, 1.807) is 6.92 Å². The molecule has 1 heterocycles. The van der Waals surface area contributed by atoms with Gasteiger partial charge < -0.3 is 14.2 Å². The van der Waals surface area contributed by atoms with Gasteiger partial charge >= 0.3 is 0 Å². The third-order valence-electron chi connectivity index (χ3n) is 3.09. The Morgan fingerprint density at radius 1 is 1.37 bits per heavy atom. The topological polar surface area (TPSA) is 27.7 Å². The Balaban J connectivity index is 1.78. The lowest BCUT2D eigenvalue weighted by Crippen LogP contribution is -2.40. The molecule has 0 bridgehead atoms. The van der Waals surface area contributed by atoms with Gasteiger partial charge in [-0.2, -0.15) is 0 Å². The summed E-state index contributed by atoms with van der Waals surface area (Å²) in [5, 5.41) is 0.573. The predicted octanol–water partition coefficient (Wildman–Crippen LogP) is 3.11. The molecule has 1 fully saturated rings. The van der Waals surface area contributed by atoms with Crippen LogP contribution in [0.25, 0.3) is 0 Å². The molecule has 2 unspecified atom stereocenters. The molecule has 0 radical (unpaired) electrons. The average molecular weight is 280 g/mol. The van der Waals surface area contributed by atoms with Gasteiger partial charge in [-0.25, -0.2) is 0 Å². The lowest BCUT2D eigenvalue weighted by molar-refractivity contribution is -0.104. The summed E-state index contributed by atoms with van der Waals surface area (Å²) in [5.74, 6) is 0. The molecule has 0 saturated carbocycles. The molecule has 1 aromatic rings. The summed E-state index contributed by atoms with van der Waals surface area (Å²) in [4.78, 5) is 0. The van der Waals surface area contributed by atoms with Gasteiger partial charge in [-0.1, -0.05) is 30.3 Å². The summed E-state index contributed by atoms with van der Waals surface area (Å²) < 4.78 is 17.1. The maximum Gasteiger partial charge on any atom is 0.157 e. The number of rotatable bonds is 5. The molecule has 3 nitrogen and oxygen atoms in total. The molecule has 1 aromatic carbocycles. The number of hydrogen-bond acceptors (Lipinski definition) is 4. The van der Waals surface area contributed by atoms with E-state index in [1.807, 2.05) is 18.2 Å². The summed E-state index contributed by atoms with van der Waals surface area (Å²) in [6.07, 6.45) is 2.01. The highest BCUT2D eigenvalue weighted by molar-refractivity contribution is 7.80. The molecule has 19 heavy (non-hydrogen) atoms. The summed E-state index contributed by atoms with van der Waals surface area (Å²) in [6.45, 7) is 3.72. The van der Waals surface area contributed by atoms with Gasteiger partial charge in [0.1, 0.15) is 12.2 Å². The van der Waals surface area contributed by atoms with Crippen molar-refractivity contribution in [2.24, 2.45) is 0 Å². The first-order chi connectivity index (χ1) is 9.25. The zero-order valence-electron chi connectivity index (χ0n) is 11.2. The van der Waals surface area contributed by atoms with Crippen LogP contribution in [0.5, 0.6) is 0 Å². The van der Waals surface area contributed by atoms with Gasteiger partial charge in [-0.15, -0.1) is 0 Å². The number of thiocarbonyl (C=S) groups is 1. The van der Waals surface area contributed by atoms with Gasteiger partial charge in [0, 0.05) is 13.5 Å². The molecule has 104 valence electrons. The molecule has 1 saturated heterocycles. The van der Waals surface area contributed by atoms with Crippen molar-refractivity contribution in [1.29, 1.82) is 0 Å². The van der Waals surface area contributed by atoms with Crippen molar-refractivity contribution >= 4 is 17.3 Å². The van der Waals surface area contributed by atoms with Crippen molar-refractivity contribution in [2.75, 3.05) is 13.2 Å². The molecule has 0 aliphatic carbocycles. The monoisotopic (exact) mass is 280 g/mol. The average Bonchev–Trinajstić information content (AvgIpc) is 2.41. The molecule has 1 aliphatic heterocycles. The van der Waals surface area contributed by atoms with E-state index in [2.05, 4.69) is 12.1 Å². The number of ether oxygens (including phenoxy) is 3. The minimum Gasteiger partial charge on any atom is -0.481 e. The molecule has 0 aromatic heterocycles. The summed E-state index contributed by atoms with van der Waals surface area (Å²) in [6, 6.07) is 10.1. The smallest absolute Gasteiger partial charge is 0.157 e. The number of hydrogen-bond donors (Lipinski definition) is 0. The Morgan fingerprint density at radius 3 is 2.89 bits per heavy atom. The fourth-order valence-electron chi connectivity index (χ4n) is 2.18. The van der Waals surface area contributed by atoms with Crippen LogP contribution in [0.1, 0.15) is 25.3 Å². The van der Waals surface area contributed by atoms with Crippen LogP contribution in [0, 0.1) is 0 Å². The Kier molecular flexibility index (Phi) is 5.76. The standard InChI is InChI=1S/C15H20O3S/c1-12(19)18-14-8-5-9-17-15(14)11-16-10-13-6-3-2-4-7-13/h2-4,6-7,14-15H,5,8-11H2,1H3. The highest BCUT2D eigenvalue weighted by Gasteiger charge is 2.27. The quantitative estimate of drug-likeness (QED) is 0.775. The maximum atomic E-state index is 5.72. The predicted molar refractivity (Wildman–Crippen MR) is 78.2 cm³/mol. The van der Waals surface area contributed by atoms with E-state index in [4.69, 9.17) is 26.4 Å². The molecule has 1 aliphatic rings. The Labute approximate surface area is 119 Å². The first-order valence-electron chi connectivity index (χ1n) is 6.66. The van der Waals surface area contributed by atoms with E-state index in [1.165, 1.54) is 5.56 Å². The fraction of sp³-hybridized carbons (Fsp3) is 0.533. The second-order valence-corrected chi connectivity index (χ2v) is 5.27. The van der Waals surface area contributed by atoms with Gasteiger partial charge in [-0.3, -0.25) is 0 Å². The summed E-state index contributed by atoms with van der Waals surface area (Å²) >= 11 is 5.00. The van der Waals surface area contributed by atoms with Crippen LogP contribution < -0.4 is 0 Å². The Hall–Kier alpha value is -0.970. The fourth-order valence-corrected chi connectivity index (χ4v) is 2.31. The van der Waals surface area contributed by atoms with Crippen LogP contribution in [0.3, 0.4) is 0 Å². The van der Waals surface area contributed by atoms with E-state index < -0.39 is 0 Å². The second-order valence-electron chi connectivity index (χ2n) is 4.70. The van der Waals surface area contributed by atoms with Crippen molar-refractivity contribution in [1.82, 2.24) is 0 Å². The maximum absolute atomic E-state index is 5.72. The van der Waals surface area contributed by atoms with Crippen molar-refractivity contribution < 1.29 is 14.2 Å². The van der Waals surface area contributed by atoms with Gasteiger partial charge in [-0.05, 0) is 30.6 Å². The van der Waals surface area contributed by atoms with E-state index in [0.29, 0.717) is 18.3 Å². The van der Waals surface area contributed by atoms with E-state index in [9.17, 15) is 0 Å². The van der Waals surface area contributed by atoms with E-state index in [0.717, 1.165) is 19.4 Å². The summed E-state index contributed by atoms with van der Waals surface area (Å²) in [5.41, 5.74) is 1.17. The van der Waals surface area contributed by atoms with Crippen LogP contribution in [0.2, 0.25) is 0 Å². The van der Waals surface area contributed by atoms with Gasteiger partial charge in [0.25, 0.3) is 0 Å². The molecule has 0 amide bonds. The zero-order chi connectivity index (χ0) is 13.5. The van der Waals surface area contributed by atoms with E-state index in [-0.39, 0.29) is 12.2 Å². The zero-order valence-corrected chi connectivity index (χ0v) is 12.0. The van der Waals surface area contributed by atoms with Crippen LogP contribution >= 0.6 is 12.2 Å². The molecule has 4 heteroatoms. The molecule has 2 atom stereocenters. The molecular weight excluding hydrogens is 260 g/mol. The minimum atomic E-state index is -0.0182. The van der Waals surface area contributed by atoms with Gasteiger partial charge in [0.15, 0.2) is 5.05 Å². The SMILES string of the molecule is CC(=S)OC1CCCOC1COCc1ccccc1. The van der Waals surface area contributed by atoms with Crippen LogP contribution in [-0.2, 0) is 20.8 Å². The minimum absolute atomic E-state index is 0.0182. The van der Waals surface area contributed by atoms with Crippen molar-refractivity contribution in [3.8, 4) is 0 Å². The van der Waals surface area contributed by atoms with Crippen LogP contribution in [-0.4, -0.2) is 30.5 Å². The van der Waals surface area contributed by atoms with Crippen molar-refractivity contribution in [3.05, 3.63) is 35.9 Å². The van der Waals surface area contributed by atoms with Gasteiger partial charge in [0.05, 0.1) is 13.2 Å². The molecule has 2 rings (SSSR count). The van der Waals surface area contributed by atoms with E-state index >= 15 is 0 Å². The van der Waals surface area contributed by atoms with Crippen LogP contribution in [0.15, 0.2) is 30.3 Å². The van der Waals surface area contributed by atoms with Crippen molar-refractivity contribution in [3.63, 3.8) is 0 Å². The lowest BCUT2D eigenvalue weighted by atomic mass is 10.1. The highest BCUT2D eigenvalue weighted by atomic mass is 32.1. The first-order valence-corrected chi connectivity index (χ1v) is 7.07. The Bertz CT molecular complexity index is 394. The largest absolute Gasteiger partial charge is 0.481 e. The third kappa shape index (κ3) is 4.90. The first kappa shape index (κ1) is 14.4. The normalized spacial score (nSPS) is 23.0.